The van der Waals surface area contributed by atoms with Crippen molar-refractivity contribution in [3.8, 4) is 0 Å². The van der Waals surface area contributed by atoms with Crippen LogP contribution in [0.15, 0.2) is 24.3 Å². The summed E-state index contributed by atoms with van der Waals surface area (Å²) >= 11 is 0. The van der Waals surface area contributed by atoms with Gasteiger partial charge in [0.2, 0.25) is 0 Å². The van der Waals surface area contributed by atoms with Crippen LogP contribution in [0.2, 0.25) is 0 Å². The van der Waals surface area contributed by atoms with Crippen molar-refractivity contribution in [2.75, 3.05) is 13.1 Å². The maximum atomic E-state index is 13.1. The summed E-state index contributed by atoms with van der Waals surface area (Å²) in [6, 6.07) is 7.33. The zero-order valence-electron chi connectivity index (χ0n) is 8.75. The summed E-state index contributed by atoms with van der Waals surface area (Å²) in [7, 11) is 0. The fourth-order valence-corrected chi connectivity index (χ4v) is 2.39. The third-order valence-corrected chi connectivity index (χ3v) is 3.10. The molecule has 1 fully saturated rings. The zero-order valence-corrected chi connectivity index (χ0v) is 8.75. The van der Waals surface area contributed by atoms with Crippen molar-refractivity contribution in [3.05, 3.63) is 35.6 Å². The minimum atomic E-state index is -0.147. The Bertz CT molecular complexity index is 327. The number of nitrogens with two attached hydrogens (primary N) is 1. The first kappa shape index (κ1) is 10.6. The summed E-state index contributed by atoms with van der Waals surface area (Å²) in [6.45, 7) is 1.69. The monoisotopic (exact) mass is 208 g/mol. The predicted octanol–water partition coefficient (Wildman–Crippen LogP) is 1.62. The van der Waals surface area contributed by atoms with Gasteiger partial charge in [-0.05, 0) is 43.6 Å². The minimum absolute atomic E-state index is 0.147. The molecule has 3 N–H and O–H groups in total. The lowest BCUT2D eigenvalue weighted by Gasteiger charge is -2.19. The maximum Gasteiger partial charge on any atom is 0.123 e. The Morgan fingerprint density at radius 2 is 2.33 bits per heavy atom. The molecule has 1 saturated heterocycles. The number of halogens is 1. The van der Waals surface area contributed by atoms with E-state index < -0.39 is 0 Å². The first-order valence-electron chi connectivity index (χ1n) is 5.50. The highest BCUT2D eigenvalue weighted by molar-refractivity contribution is 5.23. The lowest BCUT2D eigenvalue weighted by molar-refractivity contribution is 0.513. The maximum absolute atomic E-state index is 13.1. The number of hydrogen-bond donors (Lipinski definition) is 2. The van der Waals surface area contributed by atoms with Gasteiger partial charge >= 0.3 is 0 Å². The first-order valence-corrected chi connectivity index (χ1v) is 5.50. The summed E-state index contributed by atoms with van der Waals surface area (Å²) in [5.41, 5.74) is 6.66. The van der Waals surface area contributed by atoms with Crippen molar-refractivity contribution in [2.45, 2.75) is 24.8 Å². The van der Waals surface area contributed by atoms with E-state index in [1.54, 1.807) is 12.1 Å². The molecule has 0 saturated carbocycles. The van der Waals surface area contributed by atoms with Gasteiger partial charge in [-0.2, -0.15) is 0 Å². The van der Waals surface area contributed by atoms with Gasteiger partial charge in [-0.3, -0.25) is 0 Å². The normalized spacial score (nSPS) is 25.7. The van der Waals surface area contributed by atoms with Crippen LogP contribution in [0.3, 0.4) is 0 Å². The minimum Gasteiger partial charge on any atom is -0.330 e. The van der Waals surface area contributed by atoms with Gasteiger partial charge in [0.25, 0.3) is 0 Å². The second-order valence-corrected chi connectivity index (χ2v) is 4.09. The highest BCUT2D eigenvalue weighted by atomic mass is 19.1. The van der Waals surface area contributed by atoms with Gasteiger partial charge in [-0.1, -0.05) is 12.1 Å². The van der Waals surface area contributed by atoms with Crippen LogP contribution < -0.4 is 11.1 Å². The van der Waals surface area contributed by atoms with E-state index in [0.29, 0.717) is 18.5 Å². The van der Waals surface area contributed by atoms with Gasteiger partial charge in [0.15, 0.2) is 0 Å². The molecule has 0 aromatic heterocycles. The Hall–Kier alpha value is -0.930. The topological polar surface area (TPSA) is 38.0 Å². The van der Waals surface area contributed by atoms with Gasteiger partial charge in [0.1, 0.15) is 5.82 Å². The predicted molar refractivity (Wildman–Crippen MR) is 59.2 cm³/mol. The molecule has 1 heterocycles. The molecule has 82 valence electrons. The summed E-state index contributed by atoms with van der Waals surface area (Å²) < 4.78 is 13.1. The lowest BCUT2D eigenvalue weighted by atomic mass is 9.90. The molecule has 0 spiro atoms. The number of nitrogens with one attached hydrogen (secondary N) is 1. The average molecular weight is 208 g/mol. The molecule has 1 aromatic rings. The quantitative estimate of drug-likeness (QED) is 0.792. The smallest absolute Gasteiger partial charge is 0.123 e. The third-order valence-electron chi connectivity index (χ3n) is 3.10. The standard InChI is InChI=1S/C12H17FN2/c13-10-3-1-2-9(8-10)11-5-7-15-12(11)4-6-14/h1-3,8,11-12,15H,4-7,14H2. The average Bonchev–Trinajstić information content (AvgIpc) is 2.66. The van der Waals surface area contributed by atoms with Crippen LogP contribution in [0.1, 0.15) is 24.3 Å². The fourth-order valence-electron chi connectivity index (χ4n) is 2.39. The number of hydrogen-bond acceptors (Lipinski definition) is 2. The molecule has 1 aromatic carbocycles. The Labute approximate surface area is 89.7 Å². The second kappa shape index (κ2) is 4.73. The number of benzene rings is 1. The lowest BCUT2D eigenvalue weighted by Crippen LogP contribution is -2.28. The Morgan fingerprint density at radius 3 is 3.07 bits per heavy atom. The molecule has 15 heavy (non-hydrogen) atoms. The molecule has 0 amide bonds. The second-order valence-electron chi connectivity index (χ2n) is 4.09. The molecule has 1 aliphatic heterocycles. The van der Waals surface area contributed by atoms with Crippen LogP contribution >= 0.6 is 0 Å². The molecule has 0 bridgehead atoms. The molecule has 1 aliphatic rings. The van der Waals surface area contributed by atoms with Crippen LogP contribution in [0, 0.1) is 5.82 Å². The molecule has 2 atom stereocenters. The van der Waals surface area contributed by atoms with Crippen molar-refractivity contribution in [3.63, 3.8) is 0 Å². The van der Waals surface area contributed by atoms with Gasteiger partial charge in [0.05, 0.1) is 0 Å². The molecule has 0 radical (unpaired) electrons. The van der Waals surface area contributed by atoms with Crippen LogP contribution in [0.25, 0.3) is 0 Å². The Kier molecular flexibility index (Phi) is 3.34. The Morgan fingerprint density at radius 1 is 1.47 bits per heavy atom. The summed E-state index contributed by atoms with van der Waals surface area (Å²) in [5.74, 6) is 0.273. The van der Waals surface area contributed by atoms with E-state index in [9.17, 15) is 4.39 Å². The van der Waals surface area contributed by atoms with E-state index in [-0.39, 0.29) is 5.82 Å². The first-order chi connectivity index (χ1) is 7.31. The van der Waals surface area contributed by atoms with Crippen LogP contribution in [-0.4, -0.2) is 19.1 Å². The Balaban J connectivity index is 2.15. The summed E-state index contributed by atoms with van der Waals surface area (Å²) in [6.07, 6.45) is 2.04. The molecular formula is C12H17FN2. The van der Waals surface area contributed by atoms with E-state index in [1.165, 1.54) is 6.07 Å². The highest BCUT2D eigenvalue weighted by Crippen LogP contribution is 2.29. The van der Waals surface area contributed by atoms with Crippen molar-refractivity contribution in [1.82, 2.24) is 5.32 Å². The molecular weight excluding hydrogens is 191 g/mol. The van der Waals surface area contributed by atoms with Crippen molar-refractivity contribution in [1.29, 1.82) is 0 Å². The van der Waals surface area contributed by atoms with Crippen LogP contribution in [0.5, 0.6) is 0 Å². The van der Waals surface area contributed by atoms with Gasteiger partial charge in [0, 0.05) is 12.0 Å². The number of rotatable bonds is 3. The zero-order chi connectivity index (χ0) is 10.7. The van der Waals surface area contributed by atoms with E-state index in [0.717, 1.165) is 24.9 Å². The molecule has 0 aliphatic carbocycles. The van der Waals surface area contributed by atoms with Crippen molar-refractivity contribution >= 4 is 0 Å². The van der Waals surface area contributed by atoms with Crippen LogP contribution in [0.4, 0.5) is 4.39 Å². The molecule has 2 rings (SSSR count). The van der Waals surface area contributed by atoms with Crippen molar-refractivity contribution < 1.29 is 4.39 Å². The van der Waals surface area contributed by atoms with E-state index in [1.807, 2.05) is 6.07 Å². The highest BCUT2D eigenvalue weighted by Gasteiger charge is 2.27. The third kappa shape index (κ3) is 2.36. The van der Waals surface area contributed by atoms with Crippen LogP contribution in [-0.2, 0) is 0 Å². The van der Waals surface area contributed by atoms with E-state index in [4.69, 9.17) is 5.73 Å². The van der Waals surface area contributed by atoms with E-state index >= 15 is 0 Å². The molecule has 2 nitrogen and oxygen atoms in total. The molecule has 2 unspecified atom stereocenters. The van der Waals surface area contributed by atoms with E-state index in [2.05, 4.69) is 5.32 Å². The largest absolute Gasteiger partial charge is 0.330 e. The van der Waals surface area contributed by atoms with Crippen molar-refractivity contribution in [2.24, 2.45) is 5.73 Å². The SMILES string of the molecule is NCCC1NCCC1c1cccc(F)c1. The summed E-state index contributed by atoms with van der Waals surface area (Å²) in [5, 5.41) is 3.42. The fraction of sp³-hybridized carbons (Fsp3) is 0.500. The van der Waals surface area contributed by atoms with Gasteiger partial charge < -0.3 is 11.1 Å². The van der Waals surface area contributed by atoms with Gasteiger partial charge in [-0.15, -0.1) is 0 Å². The van der Waals surface area contributed by atoms with Gasteiger partial charge in [-0.25, -0.2) is 4.39 Å². The summed E-state index contributed by atoms with van der Waals surface area (Å²) in [4.78, 5) is 0. The molecule has 3 heteroatoms.